The molecule has 1 aromatic carbocycles. The molecule has 0 aliphatic rings. The zero-order valence-corrected chi connectivity index (χ0v) is 10.4. The summed E-state index contributed by atoms with van der Waals surface area (Å²) in [5, 5.41) is 6.05. The minimum atomic E-state index is -4.34. The number of nitrogens with zero attached hydrogens (tertiary/aromatic N) is 2. The SMILES string of the molecule is O=C(Cc1ccccc1)Nc1cnn(CC(F)(F)F)c1. The van der Waals surface area contributed by atoms with Crippen LogP contribution in [-0.4, -0.2) is 21.9 Å². The third kappa shape index (κ3) is 4.42. The van der Waals surface area contributed by atoms with E-state index in [1.807, 2.05) is 18.2 Å². The van der Waals surface area contributed by atoms with Crippen LogP contribution in [0.15, 0.2) is 42.7 Å². The molecule has 1 heterocycles. The number of benzene rings is 1. The van der Waals surface area contributed by atoms with Gasteiger partial charge in [-0.05, 0) is 5.56 Å². The molecule has 2 aromatic rings. The second kappa shape index (κ2) is 5.77. The van der Waals surface area contributed by atoms with E-state index >= 15 is 0 Å². The summed E-state index contributed by atoms with van der Waals surface area (Å²) in [4.78, 5) is 11.7. The maximum atomic E-state index is 12.2. The zero-order valence-electron chi connectivity index (χ0n) is 10.4. The van der Waals surface area contributed by atoms with E-state index in [-0.39, 0.29) is 18.0 Å². The van der Waals surface area contributed by atoms with Gasteiger partial charge in [-0.2, -0.15) is 18.3 Å². The van der Waals surface area contributed by atoms with Gasteiger partial charge in [-0.1, -0.05) is 30.3 Å². The van der Waals surface area contributed by atoms with Crippen LogP contribution in [0.1, 0.15) is 5.56 Å². The third-order valence-corrected chi connectivity index (χ3v) is 2.47. The summed E-state index contributed by atoms with van der Waals surface area (Å²) in [7, 11) is 0. The van der Waals surface area contributed by atoms with E-state index in [1.165, 1.54) is 6.20 Å². The highest BCUT2D eigenvalue weighted by atomic mass is 19.4. The molecule has 0 fully saturated rings. The van der Waals surface area contributed by atoms with Gasteiger partial charge in [0.05, 0.1) is 18.3 Å². The molecule has 1 N–H and O–H groups in total. The van der Waals surface area contributed by atoms with Crippen molar-refractivity contribution in [2.45, 2.75) is 19.1 Å². The molecule has 0 atom stereocenters. The number of rotatable bonds is 4. The van der Waals surface area contributed by atoms with Gasteiger partial charge in [0.1, 0.15) is 6.54 Å². The van der Waals surface area contributed by atoms with Crippen LogP contribution in [0.25, 0.3) is 0 Å². The lowest BCUT2D eigenvalue weighted by atomic mass is 10.1. The summed E-state index contributed by atoms with van der Waals surface area (Å²) in [5.41, 5.74) is 1.07. The lowest BCUT2D eigenvalue weighted by molar-refractivity contribution is -0.142. The summed E-state index contributed by atoms with van der Waals surface area (Å²) in [6.45, 7) is -1.18. The molecule has 1 aromatic heterocycles. The molecule has 0 aliphatic heterocycles. The highest BCUT2D eigenvalue weighted by Gasteiger charge is 2.28. The topological polar surface area (TPSA) is 46.9 Å². The maximum Gasteiger partial charge on any atom is 0.408 e. The standard InChI is InChI=1S/C13H12F3N3O/c14-13(15,16)9-19-8-11(7-17-19)18-12(20)6-10-4-2-1-3-5-10/h1-5,7-8H,6,9H2,(H,18,20). The first-order chi connectivity index (χ1) is 9.42. The van der Waals surface area contributed by atoms with E-state index in [0.717, 1.165) is 16.4 Å². The van der Waals surface area contributed by atoms with Crippen LogP contribution >= 0.6 is 0 Å². The molecule has 7 heteroatoms. The van der Waals surface area contributed by atoms with Gasteiger partial charge < -0.3 is 5.32 Å². The minimum Gasteiger partial charge on any atom is -0.323 e. The predicted octanol–water partition coefficient (Wildman–Crippen LogP) is 2.63. The fraction of sp³-hybridized carbons (Fsp3) is 0.231. The van der Waals surface area contributed by atoms with Crippen molar-refractivity contribution in [2.24, 2.45) is 0 Å². The van der Waals surface area contributed by atoms with Crippen molar-refractivity contribution in [1.82, 2.24) is 9.78 Å². The number of alkyl halides is 3. The van der Waals surface area contributed by atoms with Gasteiger partial charge in [-0.25, -0.2) is 0 Å². The lowest BCUT2D eigenvalue weighted by Gasteiger charge is -2.05. The molecule has 0 bridgehead atoms. The Morgan fingerprint density at radius 2 is 1.95 bits per heavy atom. The van der Waals surface area contributed by atoms with E-state index < -0.39 is 12.7 Å². The highest BCUT2D eigenvalue weighted by Crippen LogP contribution is 2.18. The van der Waals surface area contributed by atoms with Crippen LogP contribution in [0, 0.1) is 0 Å². The van der Waals surface area contributed by atoms with Crippen molar-refractivity contribution >= 4 is 11.6 Å². The summed E-state index contributed by atoms with van der Waals surface area (Å²) < 4.78 is 37.2. The van der Waals surface area contributed by atoms with Gasteiger partial charge in [-0.3, -0.25) is 9.48 Å². The van der Waals surface area contributed by atoms with E-state index in [2.05, 4.69) is 10.4 Å². The third-order valence-electron chi connectivity index (χ3n) is 2.47. The van der Waals surface area contributed by atoms with Crippen molar-refractivity contribution in [3.05, 3.63) is 48.3 Å². The molecule has 0 radical (unpaired) electrons. The first kappa shape index (κ1) is 14.1. The lowest BCUT2D eigenvalue weighted by Crippen LogP contribution is -2.18. The van der Waals surface area contributed by atoms with E-state index in [1.54, 1.807) is 12.1 Å². The zero-order chi connectivity index (χ0) is 14.6. The van der Waals surface area contributed by atoms with Crippen molar-refractivity contribution in [3.8, 4) is 0 Å². The van der Waals surface area contributed by atoms with Crippen LogP contribution in [0.4, 0.5) is 18.9 Å². The van der Waals surface area contributed by atoms with Gasteiger partial charge in [0.2, 0.25) is 5.91 Å². The summed E-state index contributed by atoms with van der Waals surface area (Å²) >= 11 is 0. The quantitative estimate of drug-likeness (QED) is 0.937. The van der Waals surface area contributed by atoms with Gasteiger partial charge in [0, 0.05) is 6.20 Å². The number of nitrogens with one attached hydrogen (secondary N) is 1. The Kier molecular flexibility index (Phi) is 4.07. The fourth-order valence-corrected chi connectivity index (χ4v) is 1.68. The number of hydrogen-bond donors (Lipinski definition) is 1. The number of amides is 1. The summed E-state index contributed by atoms with van der Waals surface area (Å²) in [5.74, 6) is -0.303. The Bertz CT molecular complexity index is 578. The molecule has 4 nitrogen and oxygen atoms in total. The molecular formula is C13H12F3N3O. The van der Waals surface area contributed by atoms with Crippen LogP contribution in [0.2, 0.25) is 0 Å². The molecule has 0 saturated carbocycles. The van der Waals surface area contributed by atoms with Crippen LogP contribution in [0.3, 0.4) is 0 Å². The molecule has 20 heavy (non-hydrogen) atoms. The molecule has 0 saturated heterocycles. The van der Waals surface area contributed by atoms with Gasteiger partial charge in [0.15, 0.2) is 0 Å². The molecule has 0 aliphatic carbocycles. The Morgan fingerprint density at radius 3 is 2.60 bits per heavy atom. The Balaban J connectivity index is 1.92. The number of anilines is 1. The van der Waals surface area contributed by atoms with Crippen molar-refractivity contribution in [2.75, 3.05) is 5.32 Å². The fourth-order valence-electron chi connectivity index (χ4n) is 1.68. The maximum absolute atomic E-state index is 12.2. The number of carbonyl (C=O) groups excluding carboxylic acids is 1. The van der Waals surface area contributed by atoms with Crippen molar-refractivity contribution < 1.29 is 18.0 Å². The summed E-state index contributed by atoms with van der Waals surface area (Å²) in [6.07, 6.45) is -1.84. The Labute approximate surface area is 113 Å². The Morgan fingerprint density at radius 1 is 1.25 bits per heavy atom. The van der Waals surface area contributed by atoms with E-state index in [9.17, 15) is 18.0 Å². The highest BCUT2D eigenvalue weighted by molar-refractivity contribution is 5.91. The summed E-state index contributed by atoms with van der Waals surface area (Å²) in [6, 6.07) is 9.05. The first-order valence-corrected chi connectivity index (χ1v) is 5.85. The van der Waals surface area contributed by atoms with Crippen LogP contribution in [0.5, 0.6) is 0 Å². The van der Waals surface area contributed by atoms with Gasteiger partial charge in [0.25, 0.3) is 0 Å². The normalized spacial score (nSPS) is 11.3. The average molecular weight is 283 g/mol. The Hall–Kier alpha value is -2.31. The predicted molar refractivity (Wildman–Crippen MR) is 67.1 cm³/mol. The first-order valence-electron chi connectivity index (χ1n) is 5.85. The number of halogens is 3. The molecular weight excluding hydrogens is 271 g/mol. The monoisotopic (exact) mass is 283 g/mol. The molecule has 2 rings (SSSR count). The molecule has 0 unspecified atom stereocenters. The molecule has 0 spiro atoms. The smallest absolute Gasteiger partial charge is 0.323 e. The van der Waals surface area contributed by atoms with Crippen LogP contribution in [-0.2, 0) is 17.8 Å². The number of hydrogen-bond acceptors (Lipinski definition) is 2. The number of carbonyl (C=O) groups is 1. The average Bonchev–Trinajstić information content (AvgIpc) is 2.75. The molecule has 106 valence electrons. The largest absolute Gasteiger partial charge is 0.408 e. The van der Waals surface area contributed by atoms with Crippen LogP contribution < -0.4 is 5.32 Å². The second-order valence-corrected chi connectivity index (χ2v) is 4.25. The van der Waals surface area contributed by atoms with Gasteiger partial charge in [-0.15, -0.1) is 0 Å². The second-order valence-electron chi connectivity index (χ2n) is 4.25. The van der Waals surface area contributed by atoms with Gasteiger partial charge >= 0.3 is 6.18 Å². The number of aromatic nitrogens is 2. The molecule has 1 amide bonds. The van der Waals surface area contributed by atoms with E-state index in [0.29, 0.717) is 0 Å². The van der Waals surface area contributed by atoms with Crippen molar-refractivity contribution in [3.63, 3.8) is 0 Å². The minimum absolute atomic E-state index is 0.158. The van der Waals surface area contributed by atoms with Crippen molar-refractivity contribution in [1.29, 1.82) is 0 Å². The van der Waals surface area contributed by atoms with E-state index in [4.69, 9.17) is 0 Å².